The maximum Gasteiger partial charge on any atom is 0.412 e. The second-order valence-corrected chi connectivity index (χ2v) is 12.5. The van der Waals surface area contributed by atoms with Crippen molar-refractivity contribution in [3.63, 3.8) is 0 Å². The summed E-state index contributed by atoms with van der Waals surface area (Å²) in [5, 5.41) is 22.4. The molecule has 0 aliphatic carbocycles. The largest absolute Gasteiger partial charge is 0.444 e. The smallest absolute Gasteiger partial charge is 0.412 e. The van der Waals surface area contributed by atoms with Crippen LogP contribution in [0.4, 0.5) is 27.5 Å². The molecule has 3 aromatic carbocycles. The van der Waals surface area contributed by atoms with Crippen molar-refractivity contribution in [3.8, 4) is 0 Å². The van der Waals surface area contributed by atoms with Gasteiger partial charge in [0.05, 0.1) is 34.5 Å². The molecule has 10 nitrogen and oxygen atoms in total. The van der Waals surface area contributed by atoms with Crippen molar-refractivity contribution >= 4 is 87.7 Å². The number of hydrogen-bond donors (Lipinski definition) is 1. The third kappa shape index (κ3) is 7.88. The highest BCUT2D eigenvalue weighted by Crippen LogP contribution is 2.32. The summed E-state index contributed by atoms with van der Waals surface area (Å²) >= 11 is 25.0. The molecule has 0 aromatic heterocycles. The molecule has 3 aromatic rings. The predicted molar refractivity (Wildman–Crippen MR) is 171 cm³/mol. The van der Waals surface area contributed by atoms with E-state index in [9.17, 15) is 4.79 Å². The molecule has 2 aliphatic rings. The molecule has 0 saturated heterocycles. The van der Waals surface area contributed by atoms with E-state index in [4.69, 9.17) is 51.1 Å². The molecule has 0 saturated carbocycles. The number of benzene rings is 3. The van der Waals surface area contributed by atoms with E-state index in [1.165, 1.54) is 0 Å². The van der Waals surface area contributed by atoms with Crippen LogP contribution in [0.25, 0.3) is 0 Å². The summed E-state index contributed by atoms with van der Waals surface area (Å²) in [6.07, 6.45) is 3.17. The van der Waals surface area contributed by atoms with Crippen LogP contribution >= 0.6 is 46.4 Å². The van der Waals surface area contributed by atoms with E-state index in [1.807, 2.05) is 57.5 Å². The number of nitrogens with zero attached hydrogens (tertiary/aromatic N) is 7. The first-order valence-corrected chi connectivity index (χ1v) is 14.8. The average Bonchev–Trinajstić information content (AvgIpc) is 3.57. The van der Waals surface area contributed by atoms with Crippen molar-refractivity contribution in [3.05, 3.63) is 80.8 Å². The lowest BCUT2D eigenvalue weighted by molar-refractivity contribution is -0.444. The zero-order valence-electron chi connectivity index (χ0n) is 23.5. The normalized spacial score (nSPS) is 17.6. The van der Waals surface area contributed by atoms with Gasteiger partial charge in [-0.05, 0) is 69.3 Å². The molecule has 0 radical (unpaired) electrons. The van der Waals surface area contributed by atoms with Crippen LogP contribution in [0.5, 0.6) is 0 Å². The Balaban J connectivity index is 1.43. The van der Waals surface area contributed by atoms with Gasteiger partial charge in [0.2, 0.25) is 12.1 Å². The molecule has 1 N–H and O–H groups in total. The lowest BCUT2D eigenvalue weighted by atomic mass is 10.2. The second-order valence-electron chi connectivity index (χ2n) is 10.8. The minimum absolute atomic E-state index is 0.346. The lowest BCUT2D eigenvalue weighted by Crippen LogP contribution is -2.38. The highest BCUT2D eigenvalue weighted by Gasteiger charge is 2.33. The number of anilines is 2. The van der Waals surface area contributed by atoms with Crippen molar-refractivity contribution in [2.45, 2.75) is 38.5 Å². The summed E-state index contributed by atoms with van der Waals surface area (Å²) in [7, 11) is 0. The fourth-order valence-corrected chi connectivity index (χ4v) is 5.43. The van der Waals surface area contributed by atoms with E-state index in [0.29, 0.717) is 50.2 Å². The standard InChI is InChI=1S/C29H27Cl4N8O2/c1-29(2,3)43-28(42)34-24-6-4-5-7-27(24)39(14-20-16-40(37-35-20)25-10-8-18(30)12-22(25)32)15-21-17-41(38-36-21)26-11-9-19(31)13-23(26)33/h4-13,16-17,20-21H,14-15H2,1-3H3/q+1/p+1. The quantitative estimate of drug-likeness (QED) is 0.244. The van der Waals surface area contributed by atoms with Gasteiger partial charge in [0.15, 0.2) is 23.8 Å². The van der Waals surface area contributed by atoms with Gasteiger partial charge >= 0.3 is 6.09 Å². The van der Waals surface area contributed by atoms with Crippen LogP contribution in [-0.4, -0.2) is 58.7 Å². The molecule has 43 heavy (non-hydrogen) atoms. The maximum absolute atomic E-state index is 12.7. The van der Waals surface area contributed by atoms with Crippen LogP contribution in [-0.2, 0) is 4.74 Å². The third-order valence-electron chi connectivity index (χ3n) is 6.23. The molecule has 0 spiro atoms. The monoisotopic (exact) mass is 660 g/mol. The van der Waals surface area contributed by atoms with Crippen molar-refractivity contribution in [1.29, 1.82) is 0 Å². The number of amides is 1. The minimum atomic E-state index is -0.657. The Morgan fingerprint density at radius 3 is 1.84 bits per heavy atom. The van der Waals surface area contributed by atoms with Gasteiger partial charge in [-0.25, -0.2) is 4.79 Å². The van der Waals surface area contributed by atoms with E-state index in [0.717, 1.165) is 5.69 Å². The molecule has 14 heteroatoms. The van der Waals surface area contributed by atoms with Gasteiger partial charge in [0.25, 0.3) is 0 Å². The third-order valence-corrected chi connectivity index (χ3v) is 7.30. The van der Waals surface area contributed by atoms with Crippen molar-refractivity contribution in [1.82, 2.24) is 0 Å². The van der Waals surface area contributed by atoms with Gasteiger partial charge in [-0.2, -0.15) is 0 Å². The fourth-order valence-electron chi connectivity index (χ4n) is 4.44. The predicted octanol–water partition coefficient (Wildman–Crippen LogP) is 8.78. The highest BCUT2D eigenvalue weighted by molar-refractivity contribution is 6.36. The molecule has 2 heterocycles. The lowest BCUT2D eigenvalue weighted by Gasteiger charge is -2.27. The van der Waals surface area contributed by atoms with Gasteiger partial charge in [-0.15, -0.1) is 9.37 Å². The molecule has 0 bridgehead atoms. The first-order valence-electron chi connectivity index (χ1n) is 13.3. The van der Waals surface area contributed by atoms with E-state index < -0.39 is 11.7 Å². The first-order chi connectivity index (χ1) is 20.4. The van der Waals surface area contributed by atoms with E-state index in [2.05, 4.69) is 30.9 Å². The number of halogens is 4. The topological polar surface area (TPSA) is 97.0 Å². The zero-order chi connectivity index (χ0) is 30.7. The number of ether oxygens (including phenoxy) is 1. The molecule has 0 fully saturated rings. The Labute approximate surface area is 268 Å². The van der Waals surface area contributed by atoms with Crippen LogP contribution in [0.15, 0.2) is 81.3 Å². The SMILES string of the molecule is CC(C)(C)OC(=O)Nc1ccccc1N(CC1C=[N+](c2ccc(Cl)cc2Cl)N=N1)CC1C=[N+](c2ccc(Cl)cc2Cl)N=N1. The molecular formula is C29H28Cl4N8O2+2. The summed E-state index contributed by atoms with van der Waals surface area (Å²) in [6.45, 7) is 6.23. The second kappa shape index (κ2) is 13.0. The summed E-state index contributed by atoms with van der Waals surface area (Å²) in [5.41, 5.74) is 1.97. The number of carbonyl (C=O) groups excluding carboxylic acids is 1. The molecule has 2 atom stereocenters. The van der Waals surface area contributed by atoms with Crippen LogP contribution in [0.2, 0.25) is 20.1 Å². The minimum Gasteiger partial charge on any atom is -0.444 e. The summed E-state index contributed by atoms with van der Waals surface area (Å²) in [5.74, 6) is 0. The summed E-state index contributed by atoms with van der Waals surface area (Å²) < 4.78 is 8.75. The van der Waals surface area contributed by atoms with Gasteiger partial charge in [-0.3, -0.25) is 5.32 Å². The van der Waals surface area contributed by atoms with E-state index in [1.54, 1.807) is 45.8 Å². The molecule has 222 valence electrons. The number of hydrogen-bond acceptors (Lipinski definition) is 7. The maximum atomic E-state index is 12.7. The van der Waals surface area contributed by atoms with Crippen molar-refractivity contribution in [2.24, 2.45) is 20.7 Å². The van der Waals surface area contributed by atoms with Crippen LogP contribution < -0.4 is 10.2 Å². The Morgan fingerprint density at radius 2 is 1.35 bits per heavy atom. The Hall–Kier alpha value is -3.57. The number of rotatable bonds is 8. The van der Waals surface area contributed by atoms with Gasteiger partial charge in [0.1, 0.15) is 16.0 Å². The first kappa shape index (κ1) is 30.9. The zero-order valence-corrected chi connectivity index (χ0v) is 26.5. The summed E-state index contributed by atoms with van der Waals surface area (Å²) in [4.78, 5) is 14.8. The van der Waals surface area contributed by atoms with Gasteiger partial charge in [-0.1, -0.05) is 58.5 Å². The molecule has 2 aliphatic heterocycles. The number of carbonyl (C=O) groups is 1. The Morgan fingerprint density at radius 1 is 0.837 bits per heavy atom. The molecule has 5 rings (SSSR count). The van der Waals surface area contributed by atoms with Gasteiger partial charge < -0.3 is 9.64 Å². The Bertz CT molecular complexity index is 1580. The van der Waals surface area contributed by atoms with E-state index in [-0.39, 0.29) is 12.1 Å². The van der Waals surface area contributed by atoms with E-state index >= 15 is 0 Å². The highest BCUT2D eigenvalue weighted by atomic mass is 35.5. The van der Waals surface area contributed by atoms with Crippen molar-refractivity contribution in [2.75, 3.05) is 23.3 Å². The van der Waals surface area contributed by atoms with Gasteiger partial charge in [0, 0.05) is 20.3 Å². The molecule has 2 unspecified atom stereocenters. The summed E-state index contributed by atoms with van der Waals surface area (Å²) in [6, 6.07) is 17.1. The van der Waals surface area contributed by atoms with Crippen LogP contribution in [0.3, 0.4) is 0 Å². The molecule has 1 amide bonds. The molecular weight excluding hydrogens is 634 g/mol. The number of para-hydroxylation sites is 2. The van der Waals surface area contributed by atoms with Crippen LogP contribution in [0, 0.1) is 0 Å². The number of nitrogens with one attached hydrogen (secondary N) is 1. The fraction of sp³-hybridized carbons (Fsp3) is 0.276. The Kier molecular flexibility index (Phi) is 9.31. The van der Waals surface area contributed by atoms with Crippen molar-refractivity contribution < 1.29 is 18.9 Å². The average molecular weight is 662 g/mol. The van der Waals surface area contributed by atoms with Crippen LogP contribution in [0.1, 0.15) is 20.8 Å².